The van der Waals surface area contributed by atoms with Gasteiger partial charge in [-0.25, -0.2) is 4.79 Å². The molecule has 2 aliphatic carbocycles. The van der Waals surface area contributed by atoms with E-state index in [0.717, 1.165) is 30.9 Å². The van der Waals surface area contributed by atoms with Crippen LogP contribution in [0, 0.1) is 6.92 Å². The van der Waals surface area contributed by atoms with Crippen LogP contribution >= 0.6 is 0 Å². The summed E-state index contributed by atoms with van der Waals surface area (Å²) in [5.41, 5.74) is 3.24. The highest BCUT2D eigenvalue weighted by molar-refractivity contribution is 5.89. The maximum atomic E-state index is 12.1. The third-order valence-corrected chi connectivity index (χ3v) is 5.82. The van der Waals surface area contributed by atoms with Crippen molar-refractivity contribution in [3.63, 3.8) is 0 Å². The average molecular weight is 350 g/mol. The Labute approximate surface area is 153 Å². The number of benzene rings is 2. The molecule has 1 spiro atoms. The van der Waals surface area contributed by atoms with E-state index in [9.17, 15) is 4.79 Å². The number of hydrogen-bond acceptors (Lipinski definition) is 4. The van der Waals surface area contributed by atoms with Gasteiger partial charge in [0, 0.05) is 23.8 Å². The maximum absolute atomic E-state index is 12.1. The molecule has 0 bridgehead atoms. The molecule has 0 saturated heterocycles. The second kappa shape index (κ2) is 5.76. The van der Waals surface area contributed by atoms with Crippen molar-refractivity contribution in [1.29, 1.82) is 0 Å². The van der Waals surface area contributed by atoms with Crippen molar-refractivity contribution in [3.8, 4) is 11.5 Å². The zero-order valence-corrected chi connectivity index (χ0v) is 14.9. The lowest BCUT2D eigenvalue weighted by Gasteiger charge is -2.35. The van der Waals surface area contributed by atoms with Gasteiger partial charge in [-0.2, -0.15) is 0 Å². The molecule has 5 rings (SSSR count). The molecule has 2 fully saturated rings. The van der Waals surface area contributed by atoms with Crippen LogP contribution in [0.3, 0.4) is 0 Å². The van der Waals surface area contributed by atoms with Crippen LogP contribution in [-0.2, 0) is 10.2 Å². The standard InChI is InChI=1S/C22H22O4/c1-14-7-8-18(19-20(14)24-13-22(19)9-10-22)25-16-11-17(12-16)26-21(23)15-5-3-2-4-6-15/h2-8,16-17H,9-13H2,1H3/t16-,17+. The van der Waals surface area contributed by atoms with Crippen LogP contribution in [-0.4, -0.2) is 24.8 Å². The van der Waals surface area contributed by atoms with Crippen molar-refractivity contribution in [2.75, 3.05) is 6.61 Å². The first-order chi connectivity index (χ1) is 12.6. The van der Waals surface area contributed by atoms with Gasteiger partial charge in [0.05, 0.1) is 12.2 Å². The SMILES string of the molecule is Cc1ccc(O[C@H]2C[C@@H](OC(=O)c3ccccc3)C2)c2c1OCC21CC1. The summed E-state index contributed by atoms with van der Waals surface area (Å²) >= 11 is 0. The van der Waals surface area contributed by atoms with Gasteiger partial charge in [-0.3, -0.25) is 0 Å². The summed E-state index contributed by atoms with van der Waals surface area (Å²) in [6.45, 7) is 2.87. The molecule has 1 aliphatic heterocycles. The van der Waals surface area contributed by atoms with Crippen molar-refractivity contribution >= 4 is 5.97 Å². The number of hydrogen-bond donors (Lipinski definition) is 0. The van der Waals surface area contributed by atoms with Gasteiger partial charge >= 0.3 is 5.97 Å². The number of esters is 1. The lowest BCUT2D eigenvalue weighted by molar-refractivity contribution is -0.0375. The minimum Gasteiger partial charge on any atom is -0.492 e. The van der Waals surface area contributed by atoms with Gasteiger partial charge in [0.1, 0.15) is 23.7 Å². The minimum atomic E-state index is -0.254. The fourth-order valence-corrected chi connectivity index (χ4v) is 3.97. The maximum Gasteiger partial charge on any atom is 0.338 e. The molecule has 0 N–H and O–H groups in total. The van der Waals surface area contributed by atoms with E-state index in [4.69, 9.17) is 14.2 Å². The largest absolute Gasteiger partial charge is 0.492 e. The molecule has 134 valence electrons. The van der Waals surface area contributed by atoms with Gasteiger partial charge in [0.15, 0.2) is 0 Å². The Morgan fingerprint density at radius 1 is 1.08 bits per heavy atom. The summed E-state index contributed by atoms with van der Waals surface area (Å²) in [6, 6.07) is 13.3. The van der Waals surface area contributed by atoms with Gasteiger partial charge in [0.25, 0.3) is 0 Å². The molecule has 4 nitrogen and oxygen atoms in total. The van der Waals surface area contributed by atoms with Gasteiger partial charge in [-0.15, -0.1) is 0 Å². The third-order valence-electron chi connectivity index (χ3n) is 5.82. The van der Waals surface area contributed by atoms with E-state index in [1.54, 1.807) is 12.1 Å². The van der Waals surface area contributed by atoms with E-state index in [0.29, 0.717) is 5.56 Å². The molecule has 2 aromatic rings. The number of carbonyl (C=O) groups is 1. The van der Waals surface area contributed by atoms with Crippen LogP contribution in [0.2, 0.25) is 0 Å². The number of rotatable bonds is 4. The first-order valence-electron chi connectivity index (χ1n) is 9.34. The Bertz CT molecular complexity index is 848. The molecule has 0 aromatic heterocycles. The van der Waals surface area contributed by atoms with Crippen LogP contribution in [0.5, 0.6) is 11.5 Å². The van der Waals surface area contributed by atoms with Crippen molar-refractivity contribution in [2.24, 2.45) is 0 Å². The zero-order chi connectivity index (χ0) is 17.7. The number of aryl methyl sites for hydroxylation is 1. The van der Waals surface area contributed by atoms with Crippen LogP contribution in [0.25, 0.3) is 0 Å². The van der Waals surface area contributed by atoms with E-state index >= 15 is 0 Å². The lowest BCUT2D eigenvalue weighted by Crippen LogP contribution is -2.40. The smallest absolute Gasteiger partial charge is 0.338 e. The van der Waals surface area contributed by atoms with Crippen molar-refractivity contribution in [1.82, 2.24) is 0 Å². The second-order valence-electron chi connectivity index (χ2n) is 7.76. The van der Waals surface area contributed by atoms with E-state index in [-0.39, 0.29) is 23.6 Å². The van der Waals surface area contributed by atoms with Gasteiger partial charge in [0.2, 0.25) is 0 Å². The molecule has 2 saturated carbocycles. The van der Waals surface area contributed by atoms with E-state index in [1.165, 1.54) is 24.0 Å². The van der Waals surface area contributed by atoms with Crippen molar-refractivity contribution in [2.45, 2.75) is 50.2 Å². The Balaban J connectivity index is 1.23. The van der Waals surface area contributed by atoms with Crippen molar-refractivity contribution < 1.29 is 19.0 Å². The lowest BCUT2D eigenvalue weighted by atomic mass is 9.91. The molecule has 2 aromatic carbocycles. The normalized spacial score (nSPS) is 24.3. The Morgan fingerprint density at radius 2 is 1.85 bits per heavy atom. The highest BCUT2D eigenvalue weighted by atomic mass is 16.6. The average Bonchev–Trinajstić information content (AvgIpc) is 3.30. The van der Waals surface area contributed by atoms with Crippen LogP contribution in [0.4, 0.5) is 0 Å². The van der Waals surface area contributed by atoms with Crippen LogP contribution in [0.1, 0.15) is 47.2 Å². The monoisotopic (exact) mass is 350 g/mol. The summed E-state index contributed by atoms with van der Waals surface area (Å²) in [4.78, 5) is 12.1. The molecule has 1 heterocycles. The van der Waals surface area contributed by atoms with Gasteiger partial charge in [-0.05, 0) is 43.5 Å². The van der Waals surface area contributed by atoms with E-state index in [1.807, 2.05) is 18.2 Å². The predicted molar refractivity (Wildman–Crippen MR) is 96.9 cm³/mol. The molecule has 0 radical (unpaired) electrons. The van der Waals surface area contributed by atoms with E-state index < -0.39 is 0 Å². The summed E-state index contributed by atoms with van der Waals surface area (Å²) < 4.78 is 17.8. The van der Waals surface area contributed by atoms with E-state index in [2.05, 4.69) is 19.1 Å². The Morgan fingerprint density at radius 3 is 2.58 bits per heavy atom. The fraction of sp³-hybridized carbons (Fsp3) is 0.409. The first kappa shape index (κ1) is 15.7. The first-order valence-corrected chi connectivity index (χ1v) is 9.34. The van der Waals surface area contributed by atoms with Crippen LogP contribution in [0.15, 0.2) is 42.5 Å². The molecular formula is C22H22O4. The Hall–Kier alpha value is -2.49. The summed E-state index contributed by atoms with van der Waals surface area (Å²) in [5, 5.41) is 0. The molecule has 3 aliphatic rings. The molecule has 4 heteroatoms. The molecule has 0 unspecified atom stereocenters. The topological polar surface area (TPSA) is 44.8 Å². The van der Waals surface area contributed by atoms with Gasteiger partial charge in [-0.1, -0.05) is 24.3 Å². The Kier molecular flexibility index (Phi) is 3.49. The summed E-state index contributed by atoms with van der Waals surface area (Å²) in [7, 11) is 0. The summed E-state index contributed by atoms with van der Waals surface area (Å²) in [6.07, 6.45) is 3.90. The highest BCUT2D eigenvalue weighted by Crippen LogP contribution is 2.59. The minimum absolute atomic E-state index is 0.0580. The molecular weight excluding hydrogens is 328 g/mol. The predicted octanol–water partition coefficient (Wildman–Crippen LogP) is 4.19. The second-order valence-corrected chi connectivity index (χ2v) is 7.76. The fourth-order valence-electron chi connectivity index (χ4n) is 3.97. The van der Waals surface area contributed by atoms with Gasteiger partial charge < -0.3 is 14.2 Å². The molecule has 0 atom stereocenters. The number of carbonyl (C=O) groups excluding carboxylic acids is 1. The van der Waals surface area contributed by atoms with Crippen LogP contribution < -0.4 is 9.47 Å². The molecule has 0 amide bonds. The third kappa shape index (κ3) is 2.56. The summed E-state index contributed by atoms with van der Waals surface area (Å²) in [5.74, 6) is 1.72. The zero-order valence-electron chi connectivity index (χ0n) is 14.9. The molecule has 26 heavy (non-hydrogen) atoms. The number of ether oxygens (including phenoxy) is 3. The van der Waals surface area contributed by atoms with Crippen molar-refractivity contribution in [3.05, 3.63) is 59.2 Å². The highest BCUT2D eigenvalue weighted by Gasteiger charge is 2.53. The number of fused-ring (bicyclic) bond motifs is 2. The quantitative estimate of drug-likeness (QED) is 0.776.